The Labute approximate surface area is 98.9 Å². The van der Waals surface area contributed by atoms with Crippen LogP contribution < -0.4 is 56.5 Å². The molecule has 1 heterocycles. The zero-order chi connectivity index (χ0) is 6.41. The molecule has 0 aliphatic carbocycles. The molecule has 9 heavy (non-hydrogen) atoms. The molecule has 2 nitrogen and oxygen atoms in total. The first-order valence-corrected chi connectivity index (χ1v) is 2.79. The van der Waals surface area contributed by atoms with Crippen LogP contribution in [-0.2, 0) is 0 Å². The molecule has 0 aromatic carbocycles. The molecular formula is C6H11KN2. The summed E-state index contributed by atoms with van der Waals surface area (Å²) in [5, 5.41) is 7.14. The summed E-state index contributed by atoms with van der Waals surface area (Å²) in [6.45, 7) is 5.96. The van der Waals surface area contributed by atoms with E-state index in [-0.39, 0.29) is 51.4 Å². The van der Waals surface area contributed by atoms with Crippen LogP contribution in [0.25, 0.3) is 0 Å². The van der Waals surface area contributed by atoms with Gasteiger partial charge < -0.3 is 10.2 Å². The van der Waals surface area contributed by atoms with Crippen molar-refractivity contribution in [1.29, 1.82) is 0 Å². The maximum absolute atomic E-state index is 3.57. The van der Waals surface area contributed by atoms with Crippen molar-refractivity contribution in [2.45, 2.75) is 20.8 Å². The molecule has 0 spiro atoms. The molecule has 1 aromatic heterocycles. The molecule has 0 N–H and O–H groups in total. The van der Waals surface area contributed by atoms with E-state index in [1.807, 2.05) is 20.8 Å². The molecule has 1 aromatic rings. The van der Waals surface area contributed by atoms with Gasteiger partial charge in [0.2, 0.25) is 0 Å². The Morgan fingerprint density at radius 2 is 2.00 bits per heavy atom. The summed E-state index contributed by atoms with van der Waals surface area (Å²) in [4.78, 5) is 0. The van der Waals surface area contributed by atoms with Crippen molar-refractivity contribution < 1.29 is 51.4 Å². The third-order valence-corrected chi connectivity index (χ3v) is 0.589. The Balaban J connectivity index is 0. The van der Waals surface area contributed by atoms with Crippen molar-refractivity contribution in [3.8, 4) is 0 Å². The van der Waals surface area contributed by atoms with Gasteiger partial charge in [-0.1, -0.05) is 19.4 Å². The van der Waals surface area contributed by atoms with Crippen molar-refractivity contribution in [3.05, 3.63) is 18.0 Å². The van der Waals surface area contributed by atoms with E-state index in [0.717, 1.165) is 5.56 Å². The number of nitrogens with zero attached hydrogens (tertiary/aromatic N) is 2. The number of hydrogen-bond donors (Lipinski definition) is 0. The topological polar surface area (TPSA) is 27.0 Å². The Bertz CT molecular complexity index is 115. The molecule has 0 unspecified atom stereocenters. The second-order valence-electron chi connectivity index (χ2n) is 1.23. The van der Waals surface area contributed by atoms with Crippen LogP contribution in [-0.4, -0.2) is 5.10 Å². The van der Waals surface area contributed by atoms with Gasteiger partial charge in [0.15, 0.2) is 0 Å². The third kappa shape index (κ3) is 6.74. The van der Waals surface area contributed by atoms with Gasteiger partial charge in [-0.2, -0.15) is 6.20 Å². The van der Waals surface area contributed by atoms with E-state index < -0.39 is 0 Å². The van der Waals surface area contributed by atoms with E-state index in [4.69, 9.17) is 0 Å². The van der Waals surface area contributed by atoms with Crippen LogP contribution in [0.1, 0.15) is 19.4 Å². The molecule has 1 rings (SSSR count). The summed E-state index contributed by atoms with van der Waals surface area (Å²) in [5.74, 6) is 0. The van der Waals surface area contributed by atoms with Crippen LogP contribution in [0.2, 0.25) is 0 Å². The molecule has 46 valence electrons. The summed E-state index contributed by atoms with van der Waals surface area (Å²) < 4.78 is 0. The minimum absolute atomic E-state index is 0. The summed E-state index contributed by atoms with van der Waals surface area (Å²) in [5.41, 5.74) is 1.12. The minimum atomic E-state index is 0. The predicted molar refractivity (Wildman–Crippen MR) is 33.6 cm³/mol. The summed E-state index contributed by atoms with van der Waals surface area (Å²) >= 11 is 0. The largest absolute Gasteiger partial charge is 1.00 e. The van der Waals surface area contributed by atoms with Crippen molar-refractivity contribution in [2.75, 3.05) is 0 Å². The van der Waals surface area contributed by atoms with E-state index >= 15 is 0 Å². The molecule has 0 amide bonds. The third-order valence-electron chi connectivity index (χ3n) is 0.589. The number of aromatic nitrogens is 2. The van der Waals surface area contributed by atoms with E-state index in [1.165, 1.54) is 0 Å². The Hall–Kier alpha value is 0.846. The van der Waals surface area contributed by atoms with E-state index in [1.54, 1.807) is 12.4 Å². The quantitative estimate of drug-likeness (QED) is 0.416. The summed E-state index contributed by atoms with van der Waals surface area (Å²) in [6, 6.07) is 0. The first kappa shape index (κ1) is 12.5. The van der Waals surface area contributed by atoms with Crippen LogP contribution in [0.4, 0.5) is 0 Å². The molecule has 0 bridgehead atoms. The van der Waals surface area contributed by atoms with Crippen molar-refractivity contribution >= 4 is 0 Å². The molecule has 3 heteroatoms. The zero-order valence-corrected chi connectivity index (χ0v) is 9.67. The molecule has 0 saturated carbocycles. The van der Waals surface area contributed by atoms with Crippen LogP contribution >= 0.6 is 0 Å². The van der Waals surface area contributed by atoms with Gasteiger partial charge in [-0.3, -0.25) is 0 Å². The Morgan fingerprint density at radius 3 is 2.11 bits per heavy atom. The molecule has 0 atom stereocenters. The normalized spacial score (nSPS) is 6.56. The molecule has 0 saturated heterocycles. The fourth-order valence-electron chi connectivity index (χ4n) is 0.282. The van der Waals surface area contributed by atoms with Crippen LogP contribution in [0.5, 0.6) is 0 Å². The van der Waals surface area contributed by atoms with Crippen molar-refractivity contribution in [2.24, 2.45) is 0 Å². The maximum Gasteiger partial charge on any atom is 1.00 e. The monoisotopic (exact) mass is 150 g/mol. The average molecular weight is 150 g/mol. The molecule has 0 radical (unpaired) electrons. The molecule has 0 aliphatic heterocycles. The van der Waals surface area contributed by atoms with Gasteiger partial charge in [0.1, 0.15) is 0 Å². The molecule has 0 fully saturated rings. The Kier molecular flexibility index (Phi) is 12.3. The van der Waals surface area contributed by atoms with Crippen LogP contribution in [0.3, 0.4) is 0 Å². The van der Waals surface area contributed by atoms with E-state index in [2.05, 4.69) is 10.2 Å². The first-order valence-electron chi connectivity index (χ1n) is 2.79. The number of rotatable bonds is 0. The maximum atomic E-state index is 3.57. The van der Waals surface area contributed by atoms with Gasteiger partial charge in [-0.05, 0) is 6.92 Å². The Morgan fingerprint density at radius 1 is 1.44 bits per heavy atom. The van der Waals surface area contributed by atoms with Gasteiger partial charge in [-0.15, -0.1) is 0 Å². The number of hydrogen-bond acceptors (Lipinski definition) is 1. The van der Waals surface area contributed by atoms with Crippen molar-refractivity contribution in [1.82, 2.24) is 10.2 Å². The van der Waals surface area contributed by atoms with Gasteiger partial charge in [0, 0.05) is 6.20 Å². The zero-order valence-electron chi connectivity index (χ0n) is 6.55. The fraction of sp³-hybridized carbons (Fsp3) is 0.500. The summed E-state index contributed by atoms with van der Waals surface area (Å²) in [7, 11) is 0. The van der Waals surface area contributed by atoms with Crippen LogP contribution in [0.15, 0.2) is 12.4 Å². The summed E-state index contributed by atoms with van der Waals surface area (Å²) in [6.07, 6.45) is 3.44. The average Bonchev–Trinajstić information content (AvgIpc) is 2.24. The standard InChI is InChI=1S/C4H5N2.C2H6.K/c1-4-2-5-6-3-4;1-2;/h2-3H,1H3;1-2H3;/q-1;;+1. The SMILES string of the molecule is CC.Cc1cn[n-]c1.[K+]. The molecule has 0 aliphatic rings. The first-order chi connectivity index (χ1) is 3.89. The van der Waals surface area contributed by atoms with Gasteiger partial charge >= 0.3 is 51.4 Å². The minimum Gasteiger partial charge on any atom is -0.582 e. The fourth-order valence-corrected chi connectivity index (χ4v) is 0.282. The predicted octanol–water partition coefficient (Wildman–Crippen LogP) is -1.62. The van der Waals surface area contributed by atoms with E-state index in [9.17, 15) is 0 Å². The van der Waals surface area contributed by atoms with Gasteiger partial charge in [0.05, 0.1) is 0 Å². The van der Waals surface area contributed by atoms with Crippen molar-refractivity contribution in [3.63, 3.8) is 0 Å². The van der Waals surface area contributed by atoms with E-state index in [0.29, 0.717) is 0 Å². The van der Waals surface area contributed by atoms with Crippen LogP contribution in [0, 0.1) is 6.92 Å². The second kappa shape index (κ2) is 8.85. The molecular weight excluding hydrogens is 139 g/mol. The van der Waals surface area contributed by atoms with Gasteiger partial charge in [-0.25, -0.2) is 0 Å². The van der Waals surface area contributed by atoms with Gasteiger partial charge in [0.25, 0.3) is 0 Å². The number of aryl methyl sites for hydroxylation is 1. The second-order valence-corrected chi connectivity index (χ2v) is 1.23. The smallest absolute Gasteiger partial charge is 0.582 e.